The number of carbonyl (C=O) groups is 2. The summed E-state index contributed by atoms with van der Waals surface area (Å²) in [6, 6.07) is 4.67. The van der Waals surface area contributed by atoms with Crippen molar-refractivity contribution in [3.8, 4) is 0 Å². The third kappa shape index (κ3) is 4.11. The van der Waals surface area contributed by atoms with Gasteiger partial charge in [0.25, 0.3) is 0 Å². The number of anilines is 1. The number of hydrogen-bond donors (Lipinski definition) is 1. The molecule has 0 aliphatic carbocycles. The monoisotopic (exact) mass is 350 g/mol. The van der Waals surface area contributed by atoms with E-state index in [1.807, 2.05) is 19.9 Å². The SMILES string of the molecule is CCOC(=O)c1cn(C(CC)C(=O)Nc2cc(Cl)ccc2C)nn1. The van der Waals surface area contributed by atoms with E-state index in [1.165, 1.54) is 10.9 Å². The summed E-state index contributed by atoms with van der Waals surface area (Å²) < 4.78 is 6.23. The molecular weight excluding hydrogens is 332 g/mol. The Morgan fingerprint density at radius 1 is 1.38 bits per heavy atom. The van der Waals surface area contributed by atoms with Crippen LogP contribution in [0.1, 0.15) is 42.4 Å². The number of ether oxygens (including phenoxy) is 1. The highest BCUT2D eigenvalue weighted by Gasteiger charge is 2.22. The second-order valence-electron chi connectivity index (χ2n) is 5.18. The number of aryl methyl sites for hydroxylation is 1. The average molecular weight is 351 g/mol. The molecule has 1 heterocycles. The number of aromatic nitrogens is 3. The van der Waals surface area contributed by atoms with Crippen LogP contribution in [-0.4, -0.2) is 33.5 Å². The van der Waals surface area contributed by atoms with Crippen molar-refractivity contribution in [1.29, 1.82) is 0 Å². The van der Waals surface area contributed by atoms with Gasteiger partial charge in [0, 0.05) is 10.7 Å². The molecule has 1 aromatic heterocycles. The fraction of sp³-hybridized carbons (Fsp3) is 0.375. The molecule has 0 aliphatic heterocycles. The maximum absolute atomic E-state index is 12.6. The molecule has 1 amide bonds. The lowest BCUT2D eigenvalue weighted by Crippen LogP contribution is -2.26. The first-order valence-electron chi connectivity index (χ1n) is 7.62. The second kappa shape index (κ2) is 7.92. The van der Waals surface area contributed by atoms with Gasteiger partial charge in [-0.2, -0.15) is 0 Å². The van der Waals surface area contributed by atoms with E-state index in [0.29, 0.717) is 17.1 Å². The van der Waals surface area contributed by atoms with Gasteiger partial charge in [-0.15, -0.1) is 5.10 Å². The van der Waals surface area contributed by atoms with Crippen molar-refractivity contribution in [3.63, 3.8) is 0 Å². The number of carbonyl (C=O) groups excluding carboxylic acids is 2. The maximum Gasteiger partial charge on any atom is 0.360 e. The summed E-state index contributed by atoms with van der Waals surface area (Å²) in [5.74, 6) is -0.826. The van der Waals surface area contributed by atoms with E-state index < -0.39 is 12.0 Å². The smallest absolute Gasteiger partial charge is 0.360 e. The van der Waals surface area contributed by atoms with Crippen LogP contribution >= 0.6 is 11.6 Å². The van der Waals surface area contributed by atoms with E-state index >= 15 is 0 Å². The van der Waals surface area contributed by atoms with E-state index in [4.69, 9.17) is 16.3 Å². The molecule has 1 N–H and O–H groups in total. The van der Waals surface area contributed by atoms with E-state index in [0.717, 1.165) is 5.56 Å². The lowest BCUT2D eigenvalue weighted by molar-refractivity contribution is -0.119. The Morgan fingerprint density at radius 3 is 2.79 bits per heavy atom. The Morgan fingerprint density at radius 2 is 2.12 bits per heavy atom. The lowest BCUT2D eigenvalue weighted by Gasteiger charge is -2.16. The molecule has 7 nitrogen and oxygen atoms in total. The molecule has 8 heteroatoms. The summed E-state index contributed by atoms with van der Waals surface area (Å²) >= 11 is 5.97. The number of benzene rings is 1. The minimum Gasteiger partial charge on any atom is -0.461 e. The Hall–Kier alpha value is -2.41. The molecule has 0 saturated carbocycles. The van der Waals surface area contributed by atoms with Crippen LogP contribution < -0.4 is 5.32 Å². The molecule has 1 aromatic carbocycles. The zero-order chi connectivity index (χ0) is 17.7. The predicted octanol–water partition coefficient (Wildman–Crippen LogP) is 3.01. The van der Waals surface area contributed by atoms with Gasteiger partial charge in [-0.05, 0) is 38.0 Å². The molecule has 128 valence electrons. The molecule has 0 bridgehead atoms. The van der Waals surface area contributed by atoms with Crippen LogP contribution in [-0.2, 0) is 9.53 Å². The normalized spacial score (nSPS) is 11.8. The maximum atomic E-state index is 12.6. The Balaban J connectivity index is 2.17. The summed E-state index contributed by atoms with van der Waals surface area (Å²) in [5.41, 5.74) is 1.60. The second-order valence-corrected chi connectivity index (χ2v) is 5.61. The van der Waals surface area contributed by atoms with Crippen molar-refractivity contribution in [2.24, 2.45) is 0 Å². The number of nitrogens with zero attached hydrogens (tertiary/aromatic N) is 3. The first kappa shape index (κ1) is 17.9. The lowest BCUT2D eigenvalue weighted by atomic mass is 10.1. The standard InChI is InChI=1S/C16H19ClN4O3/c1-4-14(21-9-13(19-20-21)16(23)24-5-2)15(22)18-12-8-11(17)7-6-10(12)3/h6-9,14H,4-5H2,1-3H3,(H,18,22). The molecule has 24 heavy (non-hydrogen) atoms. The molecule has 2 aromatic rings. The number of halogens is 1. The van der Waals surface area contributed by atoms with Gasteiger partial charge in [0.2, 0.25) is 5.91 Å². The third-order valence-electron chi connectivity index (χ3n) is 3.46. The highest BCUT2D eigenvalue weighted by molar-refractivity contribution is 6.31. The number of nitrogens with one attached hydrogen (secondary N) is 1. The Kier molecular flexibility index (Phi) is 5.92. The quantitative estimate of drug-likeness (QED) is 0.809. The fourth-order valence-corrected chi connectivity index (χ4v) is 2.34. The van der Waals surface area contributed by atoms with Gasteiger partial charge in [-0.1, -0.05) is 29.8 Å². The van der Waals surface area contributed by atoms with Crippen molar-refractivity contribution in [1.82, 2.24) is 15.0 Å². The minimum atomic E-state index is -0.598. The largest absolute Gasteiger partial charge is 0.461 e. The Labute approximate surface area is 144 Å². The molecule has 0 fully saturated rings. The summed E-state index contributed by atoms with van der Waals surface area (Å²) in [5, 5.41) is 11.0. The van der Waals surface area contributed by atoms with Crippen LogP contribution in [0.5, 0.6) is 0 Å². The summed E-state index contributed by atoms with van der Waals surface area (Å²) in [4.78, 5) is 24.2. The van der Waals surface area contributed by atoms with Crippen LogP contribution in [0, 0.1) is 6.92 Å². The minimum absolute atomic E-state index is 0.0713. The number of esters is 1. The number of amides is 1. The summed E-state index contributed by atoms with van der Waals surface area (Å²) in [7, 11) is 0. The summed E-state index contributed by atoms with van der Waals surface area (Å²) in [6.45, 7) is 5.68. The molecular formula is C16H19ClN4O3. The molecule has 0 spiro atoms. The molecule has 0 aliphatic rings. The third-order valence-corrected chi connectivity index (χ3v) is 3.70. The van der Waals surface area contributed by atoms with E-state index in [1.54, 1.807) is 19.1 Å². The van der Waals surface area contributed by atoms with Gasteiger partial charge in [-0.3, -0.25) is 4.79 Å². The highest BCUT2D eigenvalue weighted by atomic mass is 35.5. The van der Waals surface area contributed by atoms with Crippen molar-refractivity contribution < 1.29 is 14.3 Å². The fourth-order valence-electron chi connectivity index (χ4n) is 2.17. The van der Waals surface area contributed by atoms with Crippen molar-refractivity contribution >= 4 is 29.2 Å². The molecule has 2 rings (SSSR count). The van der Waals surface area contributed by atoms with Gasteiger partial charge in [0.15, 0.2) is 5.69 Å². The van der Waals surface area contributed by atoms with Crippen molar-refractivity contribution in [2.75, 3.05) is 11.9 Å². The van der Waals surface area contributed by atoms with E-state index in [2.05, 4.69) is 15.6 Å². The van der Waals surface area contributed by atoms with Gasteiger partial charge in [0.05, 0.1) is 12.8 Å². The first-order valence-corrected chi connectivity index (χ1v) is 8.00. The zero-order valence-electron chi connectivity index (χ0n) is 13.7. The van der Waals surface area contributed by atoms with Crippen LogP contribution in [0.3, 0.4) is 0 Å². The number of rotatable bonds is 6. The van der Waals surface area contributed by atoms with Crippen LogP contribution in [0.15, 0.2) is 24.4 Å². The molecule has 0 saturated heterocycles. The first-order chi connectivity index (χ1) is 11.5. The van der Waals surface area contributed by atoms with Gasteiger partial charge >= 0.3 is 5.97 Å². The van der Waals surface area contributed by atoms with E-state index in [9.17, 15) is 9.59 Å². The van der Waals surface area contributed by atoms with E-state index in [-0.39, 0.29) is 18.2 Å². The average Bonchev–Trinajstić information content (AvgIpc) is 3.01. The van der Waals surface area contributed by atoms with Crippen LogP contribution in [0.4, 0.5) is 5.69 Å². The summed E-state index contributed by atoms with van der Waals surface area (Å²) in [6.07, 6.45) is 1.90. The van der Waals surface area contributed by atoms with Crippen molar-refractivity contribution in [3.05, 3.63) is 40.7 Å². The molecule has 1 atom stereocenters. The zero-order valence-corrected chi connectivity index (χ0v) is 14.5. The molecule has 0 radical (unpaired) electrons. The Bertz CT molecular complexity index is 745. The highest BCUT2D eigenvalue weighted by Crippen LogP contribution is 2.22. The van der Waals surface area contributed by atoms with Crippen molar-refractivity contribution in [2.45, 2.75) is 33.2 Å². The van der Waals surface area contributed by atoms with Gasteiger partial charge in [-0.25, -0.2) is 9.48 Å². The number of hydrogen-bond acceptors (Lipinski definition) is 5. The predicted molar refractivity (Wildman–Crippen MR) is 90.1 cm³/mol. The van der Waals surface area contributed by atoms with Gasteiger partial charge < -0.3 is 10.1 Å². The van der Waals surface area contributed by atoms with Crippen LogP contribution in [0.25, 0.3) is 0 Å². The molecule has 1 unspecified atom stereocenters. The topological polar surface area (TPSA) is 86.1 Å². The van der Waals surface area contributed by atoms with Gasteiger partial charge in [0.1, 0.15) is 6.04 Å². The van der Waals surface area contributed by atoms with Crippen LogP contribution in [0.2, 0.25) is 5.02 Å².